The number of halogens is 1. The lowest BCUT2D eigenvalue weighted by Crippen LogP contribution is -2.08. The van der Waals surface area contributed by atoms with Gasteiger partial charge in [0.05, 0.1) is 6.61 Å². The van der Waals surface area contributed by atoms with Crippen LogP contribution in [0.15, 0.2) is 24.3 Å². The van der Waals surface area contributed by atoms with Gasteiger partial charge in [-0.2, -0.15) is 0 Å². The van der Waals surface area contributed by atoms with E-state index < -0.39 is 0 Å². The number of esters is 2. The lowest BCUT2D eigenvalue weighted by atomic mass is 10.2. The van der Waals surface area contributed by atoms with Crippen LogP contribution in [-0.4, -0.2) is 18.5 Å². The average Bonchev–Trinajstić information content (AvgIpc) is 2.46. The van der Waals surface area contributed by atoms with E-state index in [4.69, 9.17) is 21.1 Å². The third-order valence-corrected chi connectivity index (χ3v) is 2.95. The predicted molar refractivity (Wildman–Crippen MR) is 76.3 cm³/mol. The van der Waals surface area contributed by atoms with E-state index in [-0.39, 0.29) is 31.4 Å². The Morgan fingerprint density at radius 2 is 1.55 bits per heavy atom. The van der Waals surface area contributed by atoms with Gasteiger partial charge in [-0.25, -0.2) is 0 Å². The van der Waals surface area contributed by atoms with Gasteiger partial charge in [0.25, 0.3) is 0 Å². The first-order chi connectivity index (χ1) is 9.65. The Labute approximate surface area is 124 Å². The van der Waals surface area contributed by atoms with E-state index in [2.05, 4.69) is 0 Å². The van der Waals surface area contributed by atoms with Gasteiger partial charge in [-0.1, -0.05) is 24.3 Å². The monoisotopic (exact) mass is 298 g/mol. The van der Waals surface area contributed by atoms with Crippen LogP contribution in [0.25, 0.3) is 0 Å². The van der Waals surface area contributed by atoms with Crippen LogP contribution in [-0.2, 0) is 31.5 Å². The Balaban J connectivity index is 2.20. The molecule has 1 aromatic carbocycles. The Kier molecular flexibility index (Phi) is 7.73. The van der Waals surface area contributed by atoms with Crippen molar-refractivity contribution >= 4 is 23.5 Å². The van der Waals surface area contributed by atoms with E-state index >= 15 is 0 Å². The second kappa shape index (κ2) is 9.37. The predicted octanol–water partition coefficient (Wildman–Crippen LogP) is 3.20. The van der Waals surface area contributed by atoms with Crippen LogP contribution < -0.4 is 0 Å². The molecule has 4 nitrogen and oxygen atoms in total. The maximum absolute atomic E-state index is 11.5. The third-order valence-electron chi connectivity index (χ3n) is 2.64. The zero-order valence-corrected chi connectivity index (χ0v) is 12.3. The molecule has 20 heavy (non-hydrogen) atoms. The van der Waals surface area contributed by atoms with Crippen LogP contribution >= 0.6 is 11.6 Å². The molecule has 0 spiro atoms. The summed E-state index contributed by atoms with van der Waals surface area (Å²) in [6.07, 6.45) is 0.911. The summed E-state index contributed by atoms with van der Waals surface area (Å²) < 4.78 is 9.89. The van der Waals surface area contributed by atoms with Gasteiger partial charge in [-0.05, 0) is 24.5 Å². The van der Waals surface area contributed by atoms with E-state index in [0.717, 1.165) is 11.1 Å². The fourth-order valence-electron chi connectivity index (χ4n) is 1.57. The number of ether oxygens (including phenoxy) is 2. The fraction of sp³-hybridized carbons (Fsp3) is 0.467. The zero-order chi connectivity index (χ0) is 14.8. The molecule has 110 valence electrons. The highest BCUT2D eigenvalue weighted by molar-refractivity contribution is 6.17. The standard InChI is InChI=1S/C15H19ClO4/c1-2-19-14(17)4-3-5-15(18)20-11-13-8-6-12(10-16)7-9-13/h6-9H,2-5,10-11H2,1H3. The molecule has 1 aromatic rings. The van der Waals surface area contributed by atoms with Gasteiger partial charge in [0, 0.05) is 18.7 Å². The van der Waals surface area contributed by atoms with E-state index in [9.17, 15) is 9.59 Å². The Bertz CT molecular complexity index is 428. The Morgan fingerprint density at radius 1 is 1.00 bits per heavy atom. The number of hydrogen-bond donors (Lipinski definition) is 0. The highest BCUT2D eigenvalue weighted by atomic mass is 35.5. The smallest absolute Gasteiger partial charge is 0.306 e. The molecule has 0 amide bonds. The van der Waals surface area contributed by atoms with Gasteiger partial charge >= 0.3 is 11.9 Å². The number of benzene rings is 1. The molecule has 0 saturated heterocycles. The van der Waals surface area contributed by atoms with E-state index in [1.807, 2.05) is 24.3 Å². The lowest BCUT2D eigenvalue weighted by Gasteiger charge is -2.05. The normalized spacial score (nSPS) is 10.1. The first-order valence-corrected chi connectivity index (χ1v) is 7.14. The molecule has 0 fully saturated rings. The van der Waals surface area contributed by atoms with Crippen molar-refractivity contribution in [2.24, 2.45) is 0 Å². The Hall–Kier alpha value is -1.55. The summed E-state index contributed by atoms with van der Waals surface area (Å²) in [6.45, 7) is 2.35. The van der Waals surface area contributed by atoms with Crippen molar-refractivity contribution in [1.82, 2.24) is 0 Å². The molecule has 0 unspecified atom stereocenters. The van der Waals surface area contributed by atoms with Crippen LogP contribution in [0.4, 0.5) is 0 Å². The minimum absolute atomic E-state index is 0.221. The minimum Gasteiger partial charge on any atom is -0.466 e. The maximum atomic E-state index is 11.5. The summed E-state index contributed by atoms with van der Waals surface area (Å²) in [5.74, 6) is -0.124. The number of rotatable bonds is 8. The first kappa shape index (κ1) is 16.5. The molecule has 0 radical (unpaired) electrons. The summed E-state index contributed by atoms with van der Waals surface area (Å²) in [5.41, 5.74) is 1.94. The molecule has 0 saturated carbocycles. The topological polar surface area (TPSA) is 52.6 Å². The zero-order valence-electron chi connectivity index (χ0n) is 11.6. The van der Waals surface area contributed by atoms with Crippen molar-refractivity contribution in [1.29, 1.82) is 0 Å². The van der Waals surface area contributed by atoms with Crippen LogP contribution in [0.2, 0.25) is 0 Å². The molecule has 0 aliphatic heterocycles. The number of hydrogen-bond acceptors (Lipinski definition) is 4. The van der Waals surface area contributed by atoms with Gasteiger partial charge in [0.1, 0.15) is 6.61 Å². The van der Waals surface area contributed by atoms with Crippen molar-refractivity contribution in [2.75, 3.05) is 6.61 Å². The molecule has 1 rings (SSSR count). The van der Waals surface area contributed by atoms with Crippen LogP contribution in [0, 0.1) is 0 Å². The summed E-state index contributed by atoms with van der Waals surface area (Å²) >= 11 is 5.69. The summed E-state index contributed by atoms with van der Waals surface area (Å²) in [5, 5.41) is 0. The Morgan fingerprint density at radius 3 is 2.10 bits per heavy atom. The summed E-state index contributed by atoms with van der Waals surface area (Å²) in [7, 11) is 0. The minimum atomic E-state index is -0.310. The van der Waals surface area contributed by atoms with Gasteiger partial charge in [-0.3, -0.25) is 9.59 Å². The van der Waals surface area contributed by atoms with Crippen LogP contribution in [0.3, 0.4) is 0 Å². The lowest BCUT2D eigenvalue weighted by molar-refractivity contribution is -0.146. The van der Waals surface area contributed by atoms with Crippen molar-refractivity contribution in [3.05, 3.63) is 35.4 Å². The average molecular weight is 299 g/mol. The van der Waals surface area contributed by atoms with Crippen molar-refractivity contribution in [3.63, 3.8) is 0 Å². The van der Waals surface area contributed by atoms with Crippen LogP contribution in [0.1, 0.15) is 37.3 Å². The maximum Gasteiger partial charge on any atom is 0.306 e. The van der Waals surface area contributed by atoms with Gasteiger partial charge in [-0.15, -0.1) is 11.6 Å². The molecule has 0 bridgehead atoms. The highest BCUT2D eigenvalue weighted by Crippen LogP contribution is 2.09. The van der Waals surface area contributed by atoms with E-state index in [1.54, 1.807) is 6.92 Å². The molecule has 0 aliphatic carbocycles. The molecule has 5 heteroatoms. The van der Waals surface area contributed by atoms with Crippen molar-refractivity contribution in [2.45, 2.75) is 38.7 Å². The van der Waals surface area contributed by atoms with Crippen molar-refractivity contribution in [3.8, 4) is 0 Å². The number of carbonyl (C=O) groups is 2. The SMILES string of the molecule is CCOC(=O)CCCC(=O)OCc1ccc(CCl)cc1. The molecule has 0 aliphatic rings. The quantitative estimate of drug-likeness (QED) is 0.546. The number of alkyl halides is 1. The molecule has 0 N–H and O–H groups in total. The van der Waals surface area contributed by atoms with E-state index in [1.165, 1.54) is 0 Å². The fourth-order valence-corrected chi connectivity index (χ4v) is 1.75. The second-order valence-electron chi connectivity index (χ2n) is 4.27. The molecule has 0 atom stereocenters. The highest BCUT2D eigenvalue weighted by Gasteiger charge is 2.07. The largest absolute Gasteiger partial charge is 0.466 e. The van der Waals surface area contributed by atoms with Gasteiger partial charge < -0.3 is 9.47 Å². The molecular formula is C15H19ClO4. The first-order valence-electron chi connectivity index (χ1n) is 6.60. The molecule has 0 heterocycles. The summed E-state index contributed by atoms with van der Waals surface area (Å²) in [4.78, 5) is 22.6. The molecular weight excluding hydrogens is 280 g/mol. The number of carbonyl (C=O) groups excluding carboxylic acids is 2. The van der Waals surface area contributed by atoms with Gasteiger partial charge in [0.2, 0.25) is 0 Å². The van der Waals surface area contributed by atoms with Gasteiger partial charge in [0.15, 0.2) is 0 Å². The second-order valence-corrected chi connectivity index (χ2v) is 4.54. The third kappa shape index (κ3) is 6.57. The van der Waals surface area contributed by atoms with E-state index in [0.29, 0.717) is 18.9 Å². The molecule has 0 aromatic heterocycles. The summed E-state index contributed by atoms with van der Waals surface area (Å²) in [6, 6.07) is 7.56. The van der Waals surface area contributed by atoms with Crippen molar-refractivity contribution < 1.29 is 19.1 Å². The van der Waals surface area contributed by atoms with Crippen LogP contribution in [0.5, 0.6) is 0 Å².